The molecule has 0 aliphatic carbocycles. The first kappa shape index (κ1) is 14.5. The fraction of sp³-hybridized carbons (Fsp3) is 0.0588. The Morgan fingerprint density at radius 3 is 2.83 bits per heavy atom. The van der Waals surface area contributed by atoms with Crippen LogP contribution in [0.2, 0.25) is 0 Å². The van der Waals surface area contributed by atoms with Crippen molar-refractivity contribution < 1.29 is 4.74 Å². The highest BCUT2D eigenvalue weighted by Gasteiger charge is 2.07. The lowest BCUT2D eigenvalue weighted by Gasteiger charge is -2.08. The van der Waals surface area contributed by atoms with E-state index in [4.69, 9.17) is 10.00 Å². The van der Waals surface area contributed by atoms with Crippen LogP contribution in [0.4, 0.5) is 0 Å². The molecule has 1 N–H and O–H groups in total. The van der Waals surface area contributed by atoms with E-state index >= 15 is 0 Å². The van der Waals surface area contributed by atoms with Gasteiger partial charge in [0.15, 0.2) is 0 Å². The molecule has 23 heavy (non-hydrogen) atoms. The number of rotatable bonds is 4. The summed E-state index contributed by atoms with van der Waals surface area (Å²) < 4.78 is 5.58. The van der Waals surface area contributed by atoms with E-state index in [-0.39, 0.29) is 12.2 Å². The summed E-state index contributed by atoms with van der Waals surface area (Å²) in [5.41, 5.74) is 1.37. The normalized spacial score (nSPS) is 10.0. The second kappa shape index (κ2) is 6.54. The Hall–Kier alpha value is -3.46. The number of nitrogens with one attached hydrogen (secondary N) is 1. The smallest absolute Gasteiger partial charge is 0.251 e. The van der Waals surface area contributed by atoms with Crippen molar-refractivity contribution in [2.24, 2.45) is 0 Å². The molecule has 0 bridgehead atoms. The molecule has 0 unspecified atom stereocenters. The standard InChI is InChI=1S/C17H12N4O2/c18-9-13-10-19-7-6-15(13)23-11-14-8-16(22)21-17(20-14)12-4-2-1-3-5-12/h1-8,10H,11H2,(H,20,21,22). The van der Waals surface area contributed by atoms with Gasteiger partial charge in [-0.2, -0.15) is 5.26 Å². The summed E-state index contributed by atoms with van der Waals surface area (Å²) in [7, 11) is 0. The van der Waals surface area contributed by atoms with Crippen molar-refractivity contribution in [3.05, 3.63) is 76.5 Å². The zero-order valence-corrected chi connectivity index (χ0v) is 12.1. The van der Waals surface area contributed by atoms with Crippen molar-refractivity contribution in [2.45, 2.75) is 6.61 Å². The second-order valence-electron chi connectivity index (χ2n) is 4.72. The largest absolute Gasteiger partial charge is 0.486 e. The second-order valence-corrected chi connectivity index (χ2v) is 4.72. The van der Waals surface area contributed by atoms with Crippen molar-refractivity contribution in [1.29, 1.82) is 5.26 Å². The average molecular weight is 304 g/mol. The van der Waals surface area contributed by atoms with Gasteiger partial charge in [0.25, 0.3) is 5.56 Å². The SMILES string of the molecule is N#Cc1cnccc1OCc1cc(=O)[nH]c(-c2ccccc2)n1. The first-order valence-corrected chi connectivity index (χ1v) is 6.89. The molecule has 0 saturated heterocycles. The van der Waals surface area contributed by atoms with Crippen molar-refractivity contribution in [2.75, 3.05) is 0 Å². The molecule has 6 heteroatoms. The van der Waals surface area contributed by atoms with Crippen molar-refractivity contribution in [3.63, 3.8) is 0 Å². The highest BCUT2D eigenvalue weighted by molar-refractivity contribution is 5.54. The van der Waals surface area contributed by atoms with Gasteiger partial charge in [-0.15, -0.1) is 0 Å². The Balaban J connectivity index is 1.85. The van der Waals surface area contributed by atoms with Crippen molar-refractivity contribution in [3.8, 4) is 23.2 Å². The summed E-state index contributed by atoms with van der Waals surface area (Å²) in [6.07, 6.45) is 2.97. The van der Waals surface area contributed by atoms with Crippen LogP contribution in [0.25, 0.3) is 11.4 Å². The van der Waals surface area contributed by atoms with E-state index in [1.54, 1.807) is 6.07 Å². The zero-order valence-electron chi connectivity index (χ0n) is 12.1. The summed E-state index contributed by atoms with van der Waals surface area (Å²) >= 11 is 0. The Bertz CT molecular complexity index is 914. The van der Waals surface area contributed by atoms with Crippen LogP contribution < -0.4 is 10.3 Å². The number of benzene rings is 1. The molecule has 0 spiro atoms. The van der Waals surface area contributed by atoms with Gasteiger partial charge < -0.3 is 9.72 Å². The van der Waals surface area contributed by atoms with Gasteiger partial charge in [0, 0.05) is 24.0 Å². The van der Waals surface area contributed by atoms with Gasteiger partial charge in [0.2, 0.25) is 0 Å². The number of hydrogen-bond acceptors (Lipinski definition) is 5. The molecule has 0 atom stereocenters. The van der Waals surface area contributed by atoms with Gasteiger partial charge in [0.05, 0.1) is 5.69 Å². The van der Waals surface area contributed by atoms with E-state index in [2.05, 4.69) is 15.0 Å². The van der Waals surface area contributed by atoms with Crippen LogP contribution in [0.15, 0.2) is 59.7 Å². The van der Waals surface area contributed by atoms with Crippen molar-refractivity contribution >= 4 is 0 Å². The molecular formula is C17H12N4O2. The van der Waals surface area contributed by atoms with Crippen LogP contribution in [0.1, 0.15) is 11.3 Å². The quantitative estimate of drug-likeness (QED) is 0.798. The van der Waals surface area contributed by atoms with E-state index in [1.807, 2.05) is 36.4 Å². The molecule has 3 aromatic rings. The third-order valence-electron chi connectivity index (χ3n) is 3.12. The third-order valence-corrected chi connectivity index (χ3v) is 3.12. The van der Waals surface area contributed by atoms with Gasteiger partial charge in [-0.1, -0.05) is 30.3 Å². The van der Waals surface area contributed by atoms with Crippen LogP contribution in [0.5, 0.6) is 5.75 Å². The van der Waals surface area contributed by atoms with Gasteiger partial charge in [-0.05, 0) is 6.07 Å². The number of hydrogen-bond donors (Lipinski definition) is 1. The van der Waals surface area contributed by atoms with E-state index in [1.165, 1.54) is 18.5 Å². The third kappa shape index (κ3) is 3.41. The molecule has 0 aliphatic rings. The Kier molecular flexibility index (Phi) is 4.11. The predicted octanol–water partition coefficient (Wildman–Crippen LogP) is 2.28. The molecule has 2 aromatic heterocycles. The Morgan fingerprint density at radius 2 is 2.04 bits per heavy atom. The molecule has 0 saturated carbocycles. The van der Waals surface area contributed by atoms with E-state index in [0.717, 1.165) is 5.56 Å². The summed E-state index contributed by atoms with van der Waals surface area (Å²) in [5, 5.41) is 9.01. The van der Waals surface area contributed by atoms with E-state index in [0.29, 0.717) is 22.8 Å². The highest BCUT2D eigenvalue weighted by Crippen LogP contribution is 2.17. The van der Waals surface area contributed by atoms with Crippen LogP contribution in [-0.2, 0) is 6.61 Å². The van der Waals surface area contributed by atoms with E-state index in [9.17, 15) is 4.79 Å². The van der Waals surface area contributed by atoms with Crippen LogP contribution >= 0.6 is 0 Å². The molecule has 0 amide bonds. The van der Waals surface area contributed by atoms with Crippen LogP contribution in [0.3, 0.4) is 0 Å². The average Bonchev–Trinajstić information content (AvgIpc) is 2.60. The topological polar surface area (TPSA) is 91.7 Å². The number of aromatic nitrogens is 3. The number of ether oxygens (including phenoxy) is 1. The molecular weight excluding hydrogens is 292 g/mol. The Labute approximate surface area is 132 Å². The minimum absolute atomic E-state index is 0.0858. The first-order chi connectivity index (χ1) is 11.3. The Morgan fingerprint density at radius 1 is 1.22 bits per heavy atom. The lowest BCUT2D eigenvalue weighted by atomic mass is 10.2. The monoisotopic (exact) mass is 304 g/mol. The summed E-state index contributed by atoms with van der Waals surface area (Å²) in [4.78, 5) is 22.8. The van der Waals surface area contributed by atoms with Gasteiger partial charge in [-0.25, -0.2) is 4.98 Å². The number of H-pyrrole nitrogens is 1. The summed E-state index contributed by atoms with van der Waals surface area (Å²) in [5.74, 6) is 0.887. The van der Waals surface area contributed by atoms with Crippen LogP contribution in [-0.4, -0.2) is 15.0 Å². The number of pyridine rings is 1. The summed E-state index contributed by atoms with van der Waals surface area (Å²) in [6.45, 7) is 0.0858. The van der Waals surface area contributed by atoms with Gasteiger partial charge >= 0.3 is 0 Å². The maximum atomic E-state index is 11.8. The number of nitriles is 1. The fourth-order valence-electron chi connectivity index (χ4n) is 2.06. The van der Waals surface area contributed by atoms with Gasteiger partial charge in [0.1, 0.15) is 29.8 Å². The van der Waals surface area contributed by atoms with Crippen molar-refractivity contribution in [1.82, 2.24) is 15.0 Å². The number of aromatic amines is 1. The lowest BCUT2D eigenvalue weighted by Crippen LogP contribution is -2.12. The molecule has 3 rings (SSSR count). The lowest BCUT2D eigenvalue weighted by molar-refractivity contribution is 0.300. The van der Waals surface area contributed by atoms with Gasteiger partial charge in [-0.3, -0.25) is 9.78 Å². The highest BCUT2D eigenvalue weighted by atomic mass is 16.5. The molecule has 112 valence electrons. The molecule has 2 heterocycles. The maximum Gasteiger partial charge on any atom is 0.251 e. The minimum atomic E-state index is -0.257. The van der Waals surface area contributed by atoms with E-state index < -0.39 is 0 Å². The molecule has 0 radical (unpaired) electrons. The first-order valence-electron chi connectivity index (χ1n) is 6.89. The zero-order chi connectivity index (χ0) is 16.1. The molecule has 6 nitrogen and oxygen atoms in total. The molecule has 1 aromatic carbocycles. The van der Waals surface area contributed by atoms with Crippen LogP contribution in [0, 0.1) is 11.3 Å². The molecule has 0 fully saturated rings. The summed E-state index contributed by atoms with van der Waals surface area (Å²) in [6, 6.07) is 14.3. The fourth-order valence-corrected chi connectivity index (χ4v) is 2.06. The predicted molar refractivity (Wildman–Crippen MR) is 83.6 cm³/mol. The minimum Gasteiger partial charge on any atom is -0.486 e. The number of nitrogens with zero attached hydrogens (tertiary/aromatic N) is 3. The maximum absolute atomic E-state index is 11.8. The molecule has 0 aliphatic heterocycles.